The quantitative estimate of drug-likeness (QED) is 0.0460. The summed E-state index contributed by atoms with van der Waals surface area (Å²) in [5.41, 5.74) is 1.78. The second-order valence-electron chi connectivity index (χ2n) is 26.5. The molecule has 4 saturated carbocycles. The highest BCUT2D eigenvalue weighted by Crippen LogP contribution is 2.68. The van der Waals surface area contributed by atoms with Gasteiger partial charge >= 0.3 is 6.09 Å². The lowest BCUT2D eigenvalue weighted by atomic mass is 9.43. The number of benzene rings is 1. The van der Waals surface area contributed by atoms with Crippen LogP contribution >= 0.6 is 23.1 Å². The molecule has 0 radical (unpaired) electrons. The van der Waals surface area contributed by atoms with E-state index >= 15 is 0 Å². The number of aromatic nitrogens is 1. The molecular weight excluding hydrogens is 1120 g/mol. The Morgan fingerprint density at radius 2 is 1.47 bits per heavy atom. The summed E-state index contributed by atoms with van der Waals surface area (Å²) in [5, 5.41) is 29.8. The van der Waals surface area contributed by atoms with E-state index in [0.717, 1.165) is 77.4 Å². The molecular formula is C65H96N6O12S2. The van der Waals surface area contributed by atoms with Crippen molar-refractivity contribution in [3.05, 3.63) is 45.5 Å². The number of fused-ring (bicyclic) bond motifs is 6. The first-order chi connectivity index (χ1) is 40.4. The van der Waals surface area contributed by atoms with E-state index in [1.54, 1.807) is 65.6 Å². The van der Waals surface area contributed by atoms with E-state index < -0.39 is 11.5 Å². The maximum Gasteiger partial charge on any atom is 0.415 e. The number of carbonyl (C=O) groups is 6. The van der Waals surface area contributed by atoms with Crippen molar-refractivity contribution in [1.82, 2.24) is 25.4 Å². The molecule has 0 bridgehead atoms. The maximum absolute atomic E-state index is 13.8. The number of rotatable bonds is 28. The molecule has 8 rings (SSSR count). The summed E-state index contributed by atoms with van der Waals surface area (Å²) in [4.78, 5) is 91.8. The Morgan fingerprint density at radius 1 is 0.812 bits per heavy atom. The summed E-state index contributed by atoms with van der Waals surface area (Å²) < 4.78 is 23.9. The van der Waals surface area contributed by atoms with Gasteiger partial charge in [-0.3, -0.25) is 29.0 Å². The molecule has 1 aromatic carbocycles. The molecule has 5 aliphatic carbocycles. The summed E-state index contributed by atoms with van der Waals surface area (Å²) in [6.07, 6.45) is 9.27. The minimum atomic E-state index is -0.920. The summed E-state index contributed by atoms with van der Waals surface area (Å²) in [6.45, 7) is 20.8. The van der Waals surface area contributed by atoms with Crippen molar-refractivity contribution in [3.8, 4) is 5.75 Å². The third-order valence-corrected chi connectivity index (χ3v) is 22.7. The average molecular weight is 1220 g/mol. The number of amides is 4. The van der Waals surface area contributed by atoms with Crippen LogP contribution in [0.4, 0.5) is 4.79 Å². The third kappa shape index (κ3) is 15.8. The molecule has 0 saturated heterocycles. The monoisotopic (exact) mass is 1220 g/mol. The van der Waals surface area contributed by atoms with Crippen molar-refractivity contribution in [2.45, 2.75) is 164 Å². The number of carbonyl (C=O) groups excluding carboxylic acids is 6. The Bertz CT molecular complexity index is 2850. The standard InChI is InChI=1S/C65H96N6O12S2/c1-39(47-14-15-48-56-49(19-22-65(47,48)9)64(8)21-18-45(72)34-44(64)35-51(56)73)12-17-53(74)66-23-11-24-67-54(75)20-28-80-30-32-82-33-31-81-29-27-71(62(79)83-46-13-16-50-52(36-46)85-61(69-50)60-68-40(2)38-84-60)26-25-70(10)55(76)37-63(6,7)57-43(5)58(77)41(3)42(4)59(57)78/h13,16,36,39-40,44-45,47-49,51,56,72-73H,11-12,14-15,17-35,37-38H2,1-10H3,(H,66,74)(H,67,75)/t39-,40?,44+,45-,47-,48+,49+,51-,56+,64+,65-/m0/s1. The third-order valence-electron chi connectivity index (χ3n) is 20.4. The Hall–Kier alpha value is -4.57. The van der Waals surface area contributed by atoms with Crippen LogP contribution in [0, 0.1) is 51.8 Å². The average Bonchev–Trinajstić information content (AvgIpc) is 1.73. The van der Waals surface area contributed by atoms with Gasteiger partial charge in [-0.25, -0.2) is 9.78 Å². The fourth-order valence-corrected chi connectivity index (χ4v) is 17.4. The van der Waals surface area contributed by atoms with Crippen LogP contribution in [0.3, 0.4) is 0 Å². The van der Waals surface area contributed by atoms with Gasteiger partial charge < -0.3 is 49.6 Å². The smallest absolute Gasteiger partial charge is 0.410 e. The number of hydrogen-bond acceptors (Lipinski definition) is 16. The number of aliphatic hydroxyl groups is 2. The molecule has 6 aliphatic rings. The number of nitrogens with one attached hydrogen (secondary N) is 2. The van der Waals surface area contributed by atoms with E-state index in [1.807, 2.05) is 6.07 Å². The largest absolute Gasteiger partial charge is 0.415 e. The Morgan fingerprint density at radius 3 is 2.18 bits per heavy atom. The molecule has 4 amide bonds. The highest BCUT2D eigenvalue weighted by molar-refractivity contribution is 8.15. The van der Waals surface area contributed by atoms with Crippen LogP contribution in [0.25, 0.3) is 10.2 Å². The number of allylic oxidation sites excluding steroid dienone is 4. The van der Waals surface area contributed by atoms with Crippen molar-refractivity contribution in [3.63, 3.8) is 0 Å². The second-order valence-corrected chi connectivity index (χ2v) is 28.5. The Balaban J connectivity index is 0.687. The first-order valence-corrected chi connectivity index (χ1v) is 33.1. The topological polar surface area (TPSA) is 236 Å². The van der Waals surface area contributed by atoms with Crippen LogP contribution < -0.4 is 15.4 Å². The predicted molar refractivity (Wildman–Crippen MR) is 332 cm³/mol. The fourth-order valence-electron chi connectivity index (χ4n) is 15.4. The van der Waals surface area contributed by atoms with Crippen molar-refractivity contribution >= 4 is 73.7 Å². The van der Waals surface area contributed by atoms with Crippen molar-refractivity contribution in [2.75, 3.05) is 85.2 Å². The number of thiazole rings is 1. The van der Waals surface area contributed by atoms with Gasteiger partial charge in [0.2, 0.25) is 17.7 Å². The van der Waals surface area contributed by atoms with Crippen LogP contribution in [0.1, 0.15) is 151 Å². The molecule has 20 heteroatoms. The molecule has 1 unspecified atom stereocenters. The predicted octanol–water partition coefficient (Wildman–Crippen LogP) is 9.13. The van der Waals surface area contributed by atoms with E-state index in [1.165, 1.54) is 27.6 Å². The minimum Gasteiger partial charge on any atom is -0.410 e. The number of ether oxygens (including phenoxy) is 4. The van der Waals surface area contributed by atoms with Crippen LogP contribution in [-0.2, 0) is 38.2 Å². The zero-order valence-corrected chi connectivity index (χ0v) is 53.8. The molecule has 1 aliphatic heterocycles. The van der Waals surface area contributed by atoms with Crippen LogP contribution in [0.2, 0.25) is 0 Å². The lowest BCUT2D eigenvalue weighted by molar-refractivity contribution is -0.174. The van der Waals surface area contributed by atoms with Gasteiger partial charge in [-0.15, -0.1) is 23.1 Å². The molecule has 4 N–H and O–H groups in total. The summed E-state index contributed by atoms with van der Waals surface area (Å²) in [7, 11) is 1.65. The SMILES string of the molecule is CC1=C(C)C(=O)C(C(C)(C)CC(=O)N(C)CCN(CCOCCOCCOCCC(=O)NCCCNC(=O)CC[C@H](C)[C@@H]2CC[C@@H]3[C@@H]4[C@@H](CC[C@]32C)[C@]2(C)CC[C@H](O)C[C@@H]2C[C@@H]4O)C(=O)Oc2ccc3nc(C4=NC(C)CS4)sc3c2)=C(C)C1=O. The highest BCUT2D eigenvalue weighted by atomic mass is 32.2. The number of nitrogens with zero attached hydrogens (tertiary/aromatic N) is 4. The van der Waals surface area contributed by atoms with Gasteiger partial charge in [-0.2, -0.15) is 0 Å². The van der Waals surface area contributed by atoms with Gasteiger partial charge in [0.05, 0.1) is 68.1 Å². The van der Waals surface area contributed by atoms with Crippen LogP contribution in [-0.4, -0.2) is 169 Å². The number of ketones is 2. The van der Waals surface area contributed by atoms with Crippen molar-refractivity contribution in [2.24, 2.45) is 56.7 Å². The number of hydrogen-bond donors (Lipinski definition) is 4. The first kappa shape index (κ1) is 66.4. The fraction of sp³-hybridized carbons (Fsp3) is 0.723. The molecule has 2 heterocycles. The number of thioether (sulfide) groups is 1. The number of aliphatic hydroxyl groups excluding tert-OH is 2. The lowest BCUT2D eigenvalue weighted by Crippen LogP contribution is -2.58. The number of aliphatic imine (C=N–C) groups is 1. The lowest BCUT2D eigenvalue weighted by Gasteiger charge is -2.62. The summed E-state index contributed by atoms with van der Waals surface area (Å²) >= 11 is 3.17. The van der Waals surface area contributed by atoms with E-state index in [-0.39, 0.29) is 117 Å². The van der Waals surface area contributed by atoms with E-state index in [0.29, 0.717) is 103 Å². The zero-order chi connectivity index (χ0) is 61.4. The van der Waals surface area contributed by atoms with Gasteiger partial charge in [-0.1, -0.05) is 34.6 Å². The molecule has 1 aromatic heterocycles. The molecule has 4 fully saturated rings. The van der Waals surface area contributed by atoms with E-state index in [4.69, 9.17) is 28.9 Å². The molecule has 470 valence electrons. The summed E-state index contributed by atoms with van der Waals surface area (Å²) in [6, 6.07) is 5.54. The zero-order valence-electron chi connectivity index (χ0n) is 52.2. The normalized spacial score (nSPS) is 28.0. The molecule has 18 nitrogen and oxygen atoms in total. The van der Waals surface area contributed by atoms with Gasteiger partial charge in [0.15, 0.2) is 11.6 Å². The Labute approximate surface area is 511 Å². The van der Waals surface area contributed by atoms with Crippen molar-refractivity contribution in [1.29, 1.82) is 0 Å². The Kier molecular flexibility index (Phi) is 22.8. The molecule has 2 aromatic rings. The van der Waals surface area contributed by atoms with Gasteiger partial charge in [0, 0.05) is 98.6 Å². The van der Waals surface area contributed by atoms with Crippen LogP contribution in [0.15, 0.2) is 45.5 Å². The molecule has 11 atom stereocenters. The number of Topliss-reactive ketones (excluding diaryl/α,β-unsaturated/α-hetero) is 2. The van der Waals surface area contributed by atoms with Gasteiger partial charge in [-0.05, 0) is 150 Å². The summed E-state index contributed by atoms with van der Waals surface area (Å²) in [5.74, 6) is 3.27. The van der Waals surface area contributed by atoms with Gasteiger partial charge in [0.25, 0.3) is 0 Å². The molecule has 85 heavy (non-hydrogen) atoms. The van der Waals surface area contributed by atoms with E-state index in [2.05, 4.69) is 38.3 Å². The van der Waals surface area contributed by atoms with Crippen molar-refractivity contribution < 1.29 is 57.9 Å². The maximum atomic E-state index is 13.8. The van der Waals surface area contributed by atoms with E-state index in [9.17, 15) is 39.0 Å². The number of likely N-dealkylation sites (N-methyl/N-ethyl adjacent to an activating group) is 1. The minimum absolute atomic E-state index is 0.0219. The molecule has 0 spiro atoms. The first-order valence-electron chi connectivity index (χ1n) is 31.3. The highest BCUT2D eigenvalue weighted by Gasteiger charge is 2.63. The second kappa shape index (κ2) is 29.2. The van der Waals surface area contributed by atoms with Crippen LogP contribution in [0.5, 0.6) is 5.75 Å². The van der Waals surface area contributed by atoms with Gasteiger partial charge in [0.1, 0.15) is 15.8 Å².